The minimum absolute atomic E-state index is 0.250. The summed E-state index contributed by atoms with van der Waals surface area (Å²) in [7, 11) is -1.81. The SMILES string of the molecule is COc1ccc(S(=O)(=O)N2CCN(CC3CCCC3)CC2)cc1C.O=CO. The third-order valence-electron chi connectivity index (χ3n) is 5.33. The first-order chi connectivity index (χ1) is 12.9. The van der Waals surface area contributed by atoms with Gasteiger partial charge in [-0.3, -0.25) is 4.79 Å². The summed E-state index contributed by atoms with van der Waals surface area (Å²) in [5.41, 5.74) is 0.846. The Bertz CT molecular complexity index is 709. The summed E-state index contributed by atoms with van der Waals surface area (Å²) in [5.74, 6) is 1.53. The highest BCUT2D eigenvalue weighted by molar-refractivity contribution is 7.89. The van der Waals surface area contributed by atoms with Gasteiger partial charge in [0.1, 0.15) is 5.75 Å². The second-order valence-corrected chi connectivity index (χ2v) is 9.03. The lowest BCUT2D eigenvalue weighted by atomic mass is 10.1. The molecule has 1 saturated carbocycles. The summed E-state index contributed by atoms with van der Waals surface area (Å²) < 4.78 is 32.6. The molecule has 0 atom stereocenters. The molecule has 0 radical (unpaired) electrons. The molecule has 2 aliphatic rings. The maximum atomic E-state index is 12.9. The number of ether oxygens (including phenoxy) is 1. The second-order valence-electron chi connectivity index (χ2n) is 7.09. The highest BCUT2D eigenvalue weighted by atomic mass is 32.2. The molecule has 7 nitrogen and oxygen atoms in total. The number of hydrogen-bond donors (Lipinski definition) is 1. The fourth-order valence-corrected chi connectivity index (χ4v) is 5.38. The van der Waals surface area contributed by atoms with E-state index in [-0.39, 0.29) is 6.47 Å². The lowest BCUT2D eigenvalue weighted by Crippen LogP contribution is -2.49. The first kappa shape index (κ1) is 21.7. The standard InChI is InChI=1S/C18H28N2O3S.CH2O2/c1-15-13-17(7-8-18(15)23-2)24(21,22)20-11-9-19(10-12-20)14-16-5-3-4-6-16;2-1-3/h7-8,13,16H,3-6,9-12,14H2,1-2H3;1H,(H,2,3). The Balaban J connectivity index is 0.000000817. The molecule has 27 heavy (non-hydrogen) atoms. The van der Waals surface area contributed by atoms with E-state index in [2.05, 4.69) is 4.90 Å². The first-order valence-corrected chi connectivity index (χ1v) is 10.8. The number of carbonyl (C=O) groups is 1. The Morgan fingerprint density at radius 3 is 2.30 bits per heavy atom. The van der Waals surface area contributed by atoms with Gasteiger partial charge in [-0.1, -0.05) is 12.8 Å². The largest absolute Gasteiger partial charge is 0.496 e. The van der Waals surface area contributed by atoms with Crippen molar-refractivity contribution in [2.45, 2.75) is 37.5 Å². The molecule has 1 aliphatic heterocycles. The number of aryl methyl sites for hydroxylation is 1. The highest BCUT2D eigenvalue weighted by Crippen LogP contribution is 2.27. The number of methoxy groups -OCH3 is 1. The van der Waals surface area contributed by atoms with Crippen molar-refractivity contribution >= 4 is 16.5 Å². The average Bonchev–Trinajstić information content (AvgIpc) is 3.16. The molecule has 1 saturated heterocycles. The van der Waals surface area contributed by atoms with Crippen molar-refractivity contribution in [3.63, 3.8) is 0 Å². The molecule has 3 rings (SSSR count). The Morgan fingerprint density at radius 2 is 1.78 bits per heavy atom. The van der Waals surface area contributed by atoms with Gasteiger partial charge in [-0.25, -0.2) is 8.42 Å². The van der Waals surface area contributed by atoms with Crippen LogP contribution in [0.3, 0.4) is 0 Å². The van der Waals surface area contributed by atoms with Gasteiger partial charge in [0.25, 0.3) is 6.47 Å². The van der Waals surface area contributed by atoms with Crippen LogP contribution < -0.4 is 4.74 Å². The van der Waals surface area contributed by atoms with Crippen LogP contribution in [0.5, 0.6) is 5.75 Å². The van der Waals surface area contributed by atoms with E-state index in [4.69, 9.17) is 14.6 Å². The smallest absolute Gasteiger partial charge is 0.290 e. The van der Waals surface area contributed by atoms with E-state index in [1.807, 2.05) is 6.92 Å². The zero-order valence-corrected chi connectivity index (χ0v) is 17.0. The molecule has 0 unspecified atom stereocenters. The number of hydrogen-bond acceptors (Lipinski definition) is 5. The van der Waals surface area contributed by atoms with Crippen LogP contribution in [0.4, 0.5) is 0 Å². The molecule has 0 amide bonds. The van der Waals surface area contributed by atoms with Crippen molar-refractivity contribution in [2.24, 2.45) is 5.92 Å². The van der Waals surface area contributed by atoms with Gasteiger partial charge in [-0.2, -0.15) is 4.31 Å². The minimum Gasteiger partial charge on any atom is -0.496 e. The van der Waals surface area contributed by atoms with Crippen LogP contribution in [0, 0.1) is 12.8 Å². The van der Waals surface area contributed by atoms with Gasteiger partial charge in [0.05, 0.1) is 12.0 Å². The molecule has 0 aromatic heterocycles. The van der Waals surface area contributed by atoms with Crippen LogP contribution in [0.1, 0.15) is 31.2 Å². The lowest BCUT2D eigenvalue weighted by Gasteiger charge is -2.35. The summed E-state index contributed by atoms with van der Waals surface area (Å²) >= 11 is 0. The molecular weight excluding hydrogens is 368 g/mol. The van der Waals surface area contributed by atoms with Crippen LogP contribution in [0.2, 0.25) is 0 Å². The van der Waals surface area contributed by atoms with Crippen LogP contribution in [0.15, 0.2) is 23.1 Å². The molecule has 1 aromatic rings. The van der Waals surface area contributed by atoms with Crippen molar-refractivity contribution in [2.75, 3.05) is 39.8 Å². The molecule has 0 bridgehead atoms. The lowest BCUT2D eigenvalue weighted by molar-refractivity contribution is -0.122. The van der Waals surface area contributed by atoms with E-state index in [1.165, 1.54) is 25.7 Å². The van der Waals surface area contributed by atoms with Crippen molar-refractivity contribution in [1.82, 2.24) is 9.21 Å². The molecule has 2 fully saturated rings. The van der Waals surface area contributed by atoms with Gasteiger partial charge in [-0.05, 0) is 49.4 Å². The number of rotatable bonds is 5. The van der Waals surface area contributed by atoms with Crippen LogP contribution >= 0.6 is 0 Å². The predicted molar refractivity (Wildman–Crippen MR) is 104 cm³/mol. The Labute approximate surface area is 162 Å². The molecule has 0 spiro atoms. The molecular formula is C19H30N2O5S. The van der Waals surface area contributed by atoms with Crippen molar-refractivity contribution in [1.29, 1.82) is 0 Å². The molecule has 8 heteroatoms. The molecule has 1 heterocycles. The minimum atomic E-state index is -3.41. The maximum absolute atomic E-state index is 12.9. The van der Waals surface area contributed by atoms with E-state index in [9.17, 15) is 8.42 Å². The number of benzene rings is 1. The third-order valence-corrected chi connectivity index (χ3v) is 7.22. The van der Waals surface area contributed by atoms with Crippen LogP contribution in [0.25, 0.3) is 0 Å². The third kappa shape index (κ3) is 5.67. The van der Waals surface area contributed by atoms with Gasteiger partial charge in [0, 0.05) is 32.7 Å². The van der Waals surface area contributed by atoms with Crippen molar-refractivity contribution in [3.8, 4) is 5.75 Å². The number of piperazine rings is 1. The Morgan fingerprint density at radius 1 is 1.19 bits per heavy atom. The maximum Gasteiger partial charge on any atom is 0.290 e. The van der Waals surface area contributed by atoms with E-state index in [0.717, 1.165) is 36.9 Å². The van der Waals surface area contributed by atoms with Gasteiger partial charge < -0.3 is 14.7 Å². The molecule has 1 aliphatic carbocycles. The van der Waals surface area contributed by atoms with Crippen LogP contribution in [-0.2, 0) is 14.8 Å². The fourth-order valence-electron chi connectivity index (χ4n) is 3.87. The first-order valence-electron chi connectivity index (χ1n) is 9.37. The summed E-state index contributed by atoms with van der Waals surface area (Å²) in [6, 6.07) is 5.09. The molecule has 1 N–H and O–H groups in total. The number of carboxylic acid groups (broad SMARTS) is 1. The monoisotopic (exact) mass is 398 g/mol. The predicted octanol–water partition coefficient (Wildman–Crippen LogP) is 2.20. The zero-order chi connectivity index (χ0) is 19.9. The topological polar surface area (TPSA) is 87.2 Å². The average molecular weight is 399 g/mol. The van der Waals surface area contributed by atoms with Crippen molar-refractivity contribution in [3.05, 3.63) is 23.8 Å². The molecule has 152 valence electrons. The van der Waals surface area contributed by atoms with E-state index < -0.39 is 10.0 Å². The van der Waals surface area contributed by atoms with Gasteiger partial charge in [0.15, 0.2) is 0 Å². The van der Waals surface area contributed by atoms with Crippen molar-refractivity contribution < 1.29 is 23.1 Å². The van der Waals surface area contributed by atoms with E-state index in [1.54, 1.807) is 29.6 Å². The zero-order valence-electron chi connectivity index (χ0n) is 16.1. The number of nitrogens with zero attached hydrogens (tertiary/aromatic N) is 2. The second kappa shape index (κ2) is 10.1. The fraction of sp³-hybridized carbons (Fsp3) is 0.632. The van der Waals surface area contributed by atoms with Gasteiger partial charge in [-0.15, -0.1) is 0 Å². The highest BCUT2D eigenvalue weighted by Gasteiger charge is 2.30. The number of sulfonamides is 1. The van der Waals surface area contributed by atoms with Gasteiger partial charge >= 0.3 is 0 Å². The summed E-state index contributed by atoms with van der Waals surface area (Å²) in [6.45, 7) is 5.60. The van der Waals surface area contributed by atoms with Gasteiger partial charge in [0.2, 0.25) is 10.0 Å². The quantitative estimate of drug-likeness (QED) is 0.765. The summed E-state index contributed by atoms with van der Waals surface area (Å²) in [5, 5.41) is 6.89. The Kier molecular flexibility index (Phi) is 8.07. The molecule has 1 aromatic carbocycles. The summed E-state index contributed by atoms with van der Waals surface area (Å²) in [4.78, 5) is 11.2. The van der Waals surface area contributed by atoms with E-state index >= 15 is 0 Å². The summed E-state index contributed by atoms with van der Waals surface area (Å²) in [6.07, 6.45) is 5.39. The van der Waals surface area contributed by atoms with Crippen LogP contribution in [-0.4, -0.2) is 69.0 Å². The Hall–Kier alpha value is -1.64. The van der Waals surface area contributed by atoms with E-state index in [0.29, 0.717) is 18.0 Å². The normalized spacial score (nSPS) is 19.3.